The molecule has 0 bridgehead atoms. The van der Waals surface area contributed by atoms with Gasteiger partial charge in [0.15, 0.2) is 0 Å². The largest absolute Gasteiger partial charge is 0.522 e. The van der Waals surface area contributed by atoms with Crippen LogP contribution in [-0.4, -0.2) is 27.2 Å². The van der Waals surface area contributed by atoms with E-state index in [1.165, 1.54) is 12.1 Å². The number of methoxy groups -OCH3 is 1. The zero-order valence-electron chi connectivity index (χ0n) is 8.96. The van der Waals surface area contributed by atoms with E-state index >= 15 is 0 Å². The fourth-order valence-corrected chi connectivity index (χ4v) is 1.16. The Kier molecular flexibility index (Phi) is 4.67. The van der Waals surface area contributed by atoms with Crippen molar-refractivity contribution in [3.05, 3.63) is 29.8 Å². The quantitative estimate of drug-likeness (QED) is 0.703. The minimum absolute atomic E-state index is 0.236. The van der Waals surface area contributed by atoms with Crippen LogP contribution in [0.15, 0.2) is 24.3 Å². The second-order valence-corrected chi connectivity index (χ2v) is 3.41. The summed E-state index contributed by atoms with van der Waals surface area (Å²) in [6.07, 6.45) is 0.736. The third kappa shape index (κ3) is 5.07. The molecule has 0 heterocycles. The molecule has 0 radical (unpaired) electrons. The number of benzene rings is 1. The summed E-state index contributed by atoms with van der Waals surface area (Å²) in [4.78, 5) is 0. The molecule has 0 saturated carbocycles. The summed E-state index contributed by atoms with van der Waals surface area (Å²) in [6, 6.07) is 6.54. The van der Waals surface area contributed by atoms with Crippen LogP contribution in [0.2, 0.25) is 0 Å². The topological polar surface area (TPSA) is 18.5 Å². The molecule has 1 rings (SSSR count). The summed E-state index contributed by atoms with van der Waals surface area (Å²) in [7, 11) is 1.60. The molecular formula is C10H13BF3O2-. The average molecular weight is 233 g/mol. The van der Waals surface area contributed by atoms with Gasteiger partial charge in [0.1, 0.15) is 5.75 Å². The molecule has 0 aromatic heterocycles. The lowest BCUT2D eigenvalue weighted by atomic mass is 9.95. The first-order chi connectivity index (χ1) is 7.51. The highest BCUT2D eigenvalue weighted by Gasteiger charge is 2.24. The standard InChI is InChI=1S/C10H13BF3O2/c1-15-7-6-9-2-4-10(5-3-9)16-8-11(12,13)14/h2-5H,6-8H2,1H3/q-1. The Morgan fingerprint density at radius 3 is 2.25 bits per heavy atom. The molecule has 2 nitrogen and oxygen atoms in total. The SMILES string of the molecule is COCCc1ccc(OC[B-](F)(F)F)cc1. The first-order valence-corrected chi connectivity index (χ1v) is 4.93. The molecule has 0 aliphatic carbocycles. The van der Waals surface area contributed by atoms with Gasteiger partial charge in [-0.05, 0) is 24.1 Å². The number of halogens is 3. The zero-order chi connectivity index (χ0) is 12.0. The van der Waals surface area contributed by atoms with E-state index in [9.17, 15) is 12.9 Å². The zero-order valence-corrected chi connectivity index (χ0v) is 8.96. The Balaban J connectivity index is 2.45. The van der Waals surface area contributed by atoms with E-state index in [2.05, 4.69) is 4.74 Å². The molecule has 90 valence electrons. The highest BCUT2D eigenvalue weighted by molar-refractivity contribution is 6.58. The van der Waals surface area contributed by atoms with Crippen LogP contribution >= 0.6 is 0 Å². The predicted molar refractivity (Wildman–Crippen MR) is 56.6 cm³/mol. The minimum atomic E-state index is -4.89. The molecule has 0 aliphatic rings. The van der Waals surface area contributed by atoms with Crippen molar-refractivity contribution in [2.24, 2.45) is 0 Å². The third-order valence-electron chi connectivity index (χ3n) is 1.96. The summed E-state index contributed by atoms with van der Waals surface area (Å²) < 4.78 is 45.2. The number of ether oxygens (including phenoxy) is 2. The maximum atomic E-state index is 11.9. The van der Waals surface area contributed by atoms with Gasteiger partial charge in [-0.1, -0.05) is 12.1 Å². The van der Waals surface area contributed by atoms with Gasteiger partial charge in [0.25, 0.3) is 0 Å². The molecule has 0 amide bonds. The summed E-state index contributed by atoms with van der Waals surface area (Å²) in [5.41, 5.74) is 1.01. The number of hydrogen-bond acceptors (Lipinski definition) is 2. The van der Waals surface area contributed by atoms with Crippen molar-refractivity contribution in [2.75, 3.05) is 20.2 Å². The van der Waals surface area contributed by atoms with Crippen molar-refractivity contribution in [3.63, 3.8) is 0 Å². The van der Waals surface area contributed by atoms with Crippen molar-refractivity contribution in [2.45, 2.75) is 6.42 Å². The Hall–Kier alpha value is -1.17. The van der Waals surface area contributed by atoms with Crippen LogP contribution in [0.4, 0.5) is 12.9 Å². The second kappa shape index (κ2) is 5.79. The van der Waals surface area contributed by atoms with Gasteiger partial charge < -0.3 is 22.4 Å². The number of rotatable bonds is 6. The Morgan fingerprint density at radius 2 is 1.75 bits per heavy atom. The van der Waals surface area contributed by atoms with Gasteiger partial charge in [-0.2, -0.15) is 0 Å². The van der Waals surface area contributed by atoms with Crippen LogP contribution in [0.3, 0.4) is 0 Å². The van der Waals surface area contributed by atoms with Crippen LogP contribution in [0.1, 0.15) is 5.56 Å². The summed E-state index contributed by atoms with van der Waals surface area (Å²) in [5.74, 6) is 0.236. The number of hydrogen-bond donors (Lipinski definition) is 0. The van der Waals surface area contributed by atoms with E-state index in [1.807, 2.05) is 0 Å². The van der Waals surface area contributed by atoms with Crippen molar-refractivity contribution in [1.29, 1.82) is 0 Å². The monoisotopic (exact) mass is 233 g/mol. The fourth-order valence-electron chi connectivity index (χ4n) is 1.16. The molecule has 0 saturated heterocycles. The van der Waals surface area contributed by atoms with E-state index < -0.39 is 13.5 Å². The average Bonchev–Trinajstić information content (AvgIpc) is 2.24. The van der Waals surface area contributed by atoms with Crippen molar-refractivity contribution in [1.82, 2.24) is 0 Å². The van der Waals surface area contributed by atoms with Gasteiger partial charge >= 0.3 is 6.98 Å². The molecule has 0 N–H and O–H groups in total. The van der Waals surface area contributed by atoms with Crippen LogP contribution in [0.5, 0.6) is 5.75 Å². The highest BCUT2D eigenvalue weighted by Crippen LogP contribution is 2.16. The molecule has 1 aromatic carbocycles. The van der Waals surface area contributed by atoms with E-state index in [0.717, 1.165) is 12.0 Å². The van der Waals surface area contributed by atoms with Crippen LogP contribution in [0.25, 0.3) is 0 Å². The molecule has 1 aromatic rings. The van der Waals surface area contributed by atoms with Gasteiger partial charge in [0, 0.05) is 7.11 Å². The van der Waals surface area contributed by atoms with Gasteiger partial charge in [0.2, 0.25) is 0 Å². The molecule has 0 unspecified atom stereocenters. The van der Waals surface area contributed by atoms with E-state index in [-0.39, 0.29) is 5.75 Å². The molecule has 0 aliphatic heterocycles. The summed E-state index contributed by atoms with van der Waals surface area (Å²) >= 11 is 0. The first kappa shape index (κ1) is 12.9. The Labute approximate surface area is 92.4 Å². The van der Waals surface area contributed by atoms with E-state index in [1.54, 1.807) is 19.2 Å². The Bertz CT molecular complexity index is 311. The van der Waals surface area contributed by atoms with Crippen molar-refractivity contribution < 1.29 is 22.4 Å². The molecular weight excluding hydrogens is 220 g/mol. The van der Waals surface area contributed by atoms with Crippen molar-refractivity contribution >= 4 is 6.98 Å². The van der Waals surface area contributed by atoms with Gasteiger partial charge in [-0.3, -0.25) is 0 Å². The van der Waals surface area contributed by atoms with E-state index in [4.69, 9.17) is 4.74 Å². The van der Waals surface area contributed by atoms with Crippen LogP contribution in [0, 0.1) is 0 Å². The third-order valence-corrected chi connectivity index (χ3v) is 1.96. The van der Waals surface area contributed by atoms with Gasteiger partial charge in [-0.25, -0.2) is 0 Å². The second-order valence-electron chi connectivity index (χ2n) is 3.41. The smallest absolute Gasteiger partial charge is 0.515 e. The molecule has 16 heavy (non-hydrogen) atoms. The summed E-state index contributed by atoms with van der Waals surface area (Å²) in [6.45, 7) is -5.50. The maximum Gasteiger partial charge on any atom is 0.515 e. The molecule has 0 atom stereocenters. The predicted octanol–water partition coefficient (Wildman–Crippen LogP) is 2.64. The van der Waals surface area contributed by atoms with Gasteiger partial charge in [0.05, 0.1) is 13.1 Å². The summed E-state index contributed by atoms with van der Waals surface area (Å²) in [5, 5.41) is 0. The van der Waals surface area contributed by atoms with Gasteiger partial charge in [-0.15, -0.1) is 0 Å². The molecule has 0 spiro atoms. The lowest BCUT2D eigenvalue weighted by Gasteiger charge is -2.15. The van der Waals surface area contributed by atoms with Crippen LogP contribution < -0.4 is 4.74 Å². The first-order valence-electron chi connectivity index (χ1n) is 4.93. The Morgan fingerprint density at radius 1 is 1.12 bits per heavy atom. The van der Waals surface area contributed by atoms with Crippen molar-refractivity contribution in [3.8, 4) is 5.75 Å². The lowest BCUT2D eigenvalue weighted by Crippen LogP contribution is -2.26. The molecule has 0 fully saturated rings. The van der Waals surface area contributed by atoms with E-state index in [0.29, 0.717) is 6.61 Å². The van der Waals surface area contributed by atoms with Crippen LogP contribution in [-0.2, 0) is 11.2 Å². The normalized spacial score (nSPS) is 11.5. The lowest BCUT2D eigenvalue weighted by molar-refractivity contribution is 0.202. The maximum absolute atomic E-state index is 11.9. The minimum Gasteiger partial charge on any atom is -0.522 e. The highest BCUT2D eigenvalue weighted by atomic mass is 19.4. The molecule has 6 heteroatoms. The fraction of sp³-hybridized carbons (Fsp3) is 0.400.